The highest BCUT2D eigenvalue weighted by molar-refractivity contribution is 5.80. The number of nitrogens with two attached hydrogens (primary N) is 1. The average Bonchev–Trinajstić information content (AvgIpc) is 2.04. The second-order valence-electron chi connectivity index (χ2n) is 2.15. The molecule has 0 aliphatic heterocycles. The molecule has 0 aliphatic rings. The average molecular weight is 157 g/mol. The molecular weight excluding hydrogens is 142 g/mol. The van der Waals surface area contributed by atoms with Crippen LogP contribution in [0.15, 0.2) is 4.99 Å². The fraction of sp³-hybridized carbons (Fsp3) is 0.714. The van der Waals surface area contributed by atoms with Gasteiger partial charge in [-0.15, -0.1) is 0 Å². The maximum atomic E-state index is 10.7. The molecule has 3 N–H and O–H groups in total. The molecule has 64 valence electrons. The van der Waals surface area contributed by atoms with Crippen molar-refractivity contribution in [3.8, 4) is 0 Å². The van der Waals surface area contributed by atoms with Gasteiger partial charge in [0.25, 0.3) is 0 Å². The molecule has 0 unspecified atom stereocenters. The number of rotatable bonds is 4. The lowest BCUT2D eigenvalue weighted by molar-refractivity contribution is -0.120. The lowest BCUT2D eigenvalue weighted by atomic mass is 10.4. The summed E-state index contributed by atoms with van der Waals surface area (Å²) in [6, 6.07) is 0. The Hall–Kier alpha value is -1.06. The highest BCUT2D eigenvalue weighted by atomic mass is 16.1. The SMILES string of the molecule is CCC(N)=NCCC(=O)NC. The minimum Gasteiger partial charge on any atom is -0.387 e. The molecule has 0 rings (SSSR count). The van der Waals surface area contributed by atoms with E-state index in [1.165, 1.54) is 0 Å². The molecule has 0 bridgehead atoms. The van der Waals surface area contributed by atoms with Crippen molar-refractivity contribution < 1.29 is 4.79 Å². The first-order chi connectivity index (χ1) is 5.20. The molecule has 0 aliphatic carbocycles. The van der Waals surface area contributed by atoms with E-state index in [0.29, 0.717) is 18.8 Å². The van der Waals surface area contributed by atoms with Gasteiger partial charge in [0.1, 0.15) is 0 Å². The Kier molecular flexibility index (Phi) is 5.15. The van der Waals surface area contributed by atoms with Gasteiger partial charge in [-0.25, -0.2) is 0 Å². The maximum absolute atomic E-state index is 10.7. The van der Waals surface area contributed by atoms with Crippen molar-refractivity contribution in [1.29, 1.82) is 0 Å². The Morgan fingerprint density at radius 3 is 2.73 bits per heavy atom. The van der Waals surface area contributed by atoms with Gasteiger partial charge in [0.05, 0.1) is 5.84 Å². The van der Waals surface area contributed by atoms with E-state index in [4.69, 9.17) is 5.73 Å². The normalized spacial score (nSPS) is 11.3. The lowest BCUT2D eigenvalue weighted by Gasteiger charge is -1.96. The maximum Gasteiger partial charge on any atom is 0.221 e. The quantitative estimate of drug-likeness (QED) is 0.441. The van der Waals surface area contributed by atoms with Gasteiger partial charge >= 0.3 is 0 Å². The molecule has 0 aromatic carbocycles. The van der Waals surface area contributed by atoms with E-state index in [2.05, 4.69) is 10.3 Å². The molecule has 0 spiro atoms. The summed E-state index contributed by atoms with van der Waals surface area (Å²) in [6.45, 7) is 2.41. The van der Waals surface area contributed by atoms with E-state index in [-0.39, 0.29) is 5.91 Å². The van der Waals surface area contributed by atoms with E-state index < -0.39 is 0 Å². The largest absolute Gasteiger partial charge is 0.387 e. The zero-order valence-corrected chi connectivity index (χ0v) is 7.05. The van der Waals surface area contributed by atoms with Crippen molar-refractivity contribution in [2.24, 2.45) is 10.7 Å². The standard InChI is InChI=1S/C7H15N3O/c1-3-6(8)10-5-4-7(11)9-2/h3-5H2,1-2H3,(H2,8,10)(H,9,11). The van der Waals surface area contributed by atoms with Gasteiger partial charge in [0, 0.05) is 26.4 Å². The van der Waals surface area contributed by atoms with Crippen LogP contribution in [0.2, 0.25) is 0 Å². The Morgan fingerprint density at radius 2 is 2.27 bits per heavy atom. The van der Waals surface area contributed by atoms with Crippen molar-refractivity contribution in [1.82, 2.24) is 5.32 Å². The van der Waals surface area contributed by atoms with Crippen LogP contribution in [0.1, 0.15) is 19.8 Å². The van der Waals surface area contributed by atoms with E-state index in [1.807, 2.05) is 6.92 Å². The predicted molar refractivity (Wildman–Crippen MR) is 45.5 cm³/mol. The summed E-state index contributed by atoms with van der Waals surface area (Å²) in [7, 11) is 1.61. The smallest absolute Gasteiger partial charge is 0.221 e. The summed E-state index contributed by atoms with van der Waals surface area (Å²) in [6.07, 6.45) is 1.16. The fourth-order valence-electron chi connectivity index (χ4n) is 0.538. The second kappa shape index (κ2) is 5.70. The summed E-state index contributed by atoms with van der Waals surface area (Å²) < 4.78 is 0. The molecule has 0 radical (unpaired) electrons. The zero-order valence-electron chi connectivity index (χ0n) is 7.05. The van der Waals surface area contributed by atoms with Gasteiger partial charge in [0.2, 0.25) is 5.91 Å². The summed E-state index contributed by atoms with van der Waals surface area (Å²) in [4.78, 5) is 14.6. The number of aliphatic imine (C=N–C) groups is 1. The van der Waals surface area contributed by atoms with Crippen molar-refractivity contribution in [3.63, 3.8) is 0 Å². The van der Waals surface area contributed by atoms with E-state index >= 15 is 0 Å². The van der Waals surface area contributed by atoms with Crippen molar-refractivity contribution >= 4 is 11.7 Å². The summed E-state index contributed by atoms with van der Waals surface area (Å²) in [5.41, 5.74) is 5.42. The van der Waals surface area contributed by atoms with Crippen LogP contribution >= 0.6 is 0 Å². The number of amides is 1. The summed E-state index contributed by atoms with van der Waals surface area (Å²) >= 11 is 0. The van der Waals surface area contributed by atoms with Crippen molar-refractivity contribution in [2.75, 3.05) is 13.6 Å². The Morgan fingerprint density at radius 1 is 1.64 bits per heavy atom. The molecule has 11 heavy (non-hydrogen) atoms. The van der Waals surface area contributed by atoms with Crippen molar-refractivity contribution in [3.05, 3.63) is 0 Å². The fourth-order valence-corrected chi connectivity index (χ4v) is 0.538. The second-order valence-corrected chi connectivity index (χ2v) is 2.15. The van der Waals surface area contributed by atoms with E-state index in [0.717, 1.165) is 6.42 Å². The number of carbonyl (C=O) groups is 1. The topological polar surface area (TPSA) is 67.5 Å². The van der Waals surface area contributed by atoms with Crippen LogP contribution in [-0.4, -0.2) is 25.3 Å². The minimum atomic E-state index is -0.00217. The molecule has 0 aromatic rings. The predicted octanol–water partition coefficient (Wildman–Crippen LogP) is -0.110. The molecule has 4 nitrogen and oxygen atoms in total. The number of hydrogen-bond donors (Lipinski definition) is 2. The Labute approximate surface area is 66.9 Å². The van der Waals surface area contributed by atoms with Crippen LogP contribution in [0.4, 0.5) is 0 Å². The molecule has 0 saturated heterocycles. The van der Waals surface area contributed by atoms with Gasteiger partial charge < -0.3 is 11.1 Å². The van der Waals surface area contributed by atoms with Gasteiger partial charge in [0.15, 0.2) is 0 Å². The lowest BCUT2D eigenvalue weighted by Crippen LogP contribution is -2.19. The molecule has 0 heterocycles. The number of nitrogens with zero attached hydrogens (tertiary/aromatic N) is 1. The molecule has 0 atom stereocenters. The summed E-state index contributed by atoms with van der Waals surface area (Å²) in [5.74, 6) is 0.603. The monoisotopic (exact) mass is 157 g/mol. The van der Waals surface area contributed by atoms with Crippen LogP contribution in [0, 0.1) is 0 Å². The first-order valence-corrected chi connectivity index (χ1v) is 3.70. The van der Waals surface area contributed by atoms with Gasteiger partial charge in [-0.1, -0.05) is 6.92 Å². The number of carbonyl (C=O) groups excluding carboxylic acids is 1. The van der Waals surface area contributed by atoms with Crippen molar-refractivity contribution in [2.45, 2.75) is 19.8 Å². The third-order valence-corrected chi connectivity index (χ3v) is 1.29. The van der Waals surface area contributed by atoms with Crippen LogP contribution < -0.4 is 11.1 Å². The Bertz CT molecular complexity index is 154. The Balaban J connectivity index is 3.48. The molecule has 1 amide bonds. The molecule has 4 heteroatoms. The number of nitrogens with one attached hydrogen (secondary N) is 1. The summed E-state index contributed by atoms with van der Waals surface area (Å²) in [5, 5.41) is 2.51. The highest BCUT2D eigenvalue weighted by Gasteiger charge is 1.94. The minimum absolute atomic E-state index is 0.00217. The molecule has 0 saturated carbocycles. The number of hydrogen-bond acceptors (Lipinski definition) is 2. The van der Waals surface area contributed by atoms with Gasteiger partial charge in [-0.2, -0.15) is 0 Å². The third-order valence-electron chi connectivity index (χ3n) is 1.29. The zero-order chi connectivity index (χ0) is 8.69. The molecular formula is C7H15N3O. The van der Waals surface area contributed by atoms with Gasteiger partial charge in [-0.3, -0.25) is 9.79 Å². The first-order valence-electron chi connectivity index (χ1n) is 3.70. The van der Waals surface area contributed by atoms with Gasteiger partial charge in [-0.05, 0) is 0 Å². The van der Waals surface area contributed by atoms with Crippen LogP contribution in [0.3, 0.4) is 0 Å². The first kappa shape index (κ1) is 9.94. The third kappa shape index (κ3) is 5.39. The number of amidine groups is 1. The molecule has 0 fully saturated rings. The van der Waals surface area contributed by atoms with E-state index in [9.17, 15) is 4.79 Å². The van der Waals surface area contributed by atoms with E-state index in [1.54, 1.807) is 7.05 Å². The molecule has 0 aromatic heterocycles. The van der Waals surface area contributed by atoms with Crippen LogP contribution in [-0.2, 0) is 4.79 Å². The van der Waals surface area contributed by atoms with Crippen LogP contribution in [0.25, 0.3) is 0 Å². The van der Waals surface area contributed by atoms with Crippen LogP contribution in [0.5, 0.6) is 0 Å². The highest BCUT2D eigenvalue weighted by Crippen LogP contribution is 1.83.